The number of nitrogens with two attached hydrogens (primary N) is 1. The van der Waals surface area contributed by atoms with E-state index in [4.69, 9.17) is 15.5 Å². The van der Waals surface area contributed by atoms with Gasteiger partial charge in [0.1, 0.15) is 11.6 Å². The number of fused-ring (bicyclic) bond motifs is 1. The maximum atomic E-state index is 6.35. The Morgan fingerprint density at radius 2 is 2.00 bits per heavy atom. The second-order valence-electron chi connectivity index (χ2n) is 8.23. The smallest absolute Gasteiger partial charge is 0.140 e. The fourth-order valence-corrected chi connectivity index (χ4v) is 4.16. The summed E-state index contributed by atoms with van der Waals surface area (Å²) in [5.41, 5.74) is 10.5. The molecule has 6 nitrogen and oxygen atoms in total. The number of rotatable bonds is 6. The van der Waals surface area contributed by atoms with E-state index >= 15 is 0 Å². The van der Waals surface area contributed by atoms with Crippen LogP contribution in [0.5, 0.6) is 5.75 Å². The van der Waals surface area contributed by atoms with E-state index in [2.05, 4.69) is 47.7 Å². The molecule has 5 N–H and O–H groups in total. The van der Waals surface area contributed by atoms with Crippen molar-refractivity contribution in [1.82, 2.24) is 9.97 Å². The molecule has 0 unspecified atom stereocenters. The topological polar surface area (TPSA) is 88.0 Å². The second-order valence-corrected chi connectivity index (χ2v) is 8.23. The number of H-pyrrole nitrogens is 1. The maximum absolute atomic E-state index is 6.35. The first-order chi connectivity index (χ1) is 14.0. The number of hydrogen-bond donors (Lipinski definition) is 4. The van der Waals surface area contributed by atoms with Crippen LogP contribution in [0.2, 0.25) is 0 Å². The molecule has 154 valence electrons. The minimum Gasteiger partial charge on any atom is -0.495 e. The Hall–Kier alpha value is -2.73. The van der Waals surface area contributed by atoms with E-state index < -0.39 is 0 Å². The molecule has 0 saturated heterocycles. The van der Waals surface area contributed by atoms with Crippen LogP contribution in [-0.2, 0) is 0 Å². The third-order valence-corrected chi connectivity index (χ3v) is 5.76. The van der Waals surface area contributed by atoms with Crippen molar-refractivity contribution in [2.45, 2.75) is 57.5 Å². The number of benzene rings is 1. The number of methoxy groups -OCH3 is 1. The Morgan fingerprint density at radius 3 is 2.76 bits per heavy atom. The highest BCUT2D eigenvalue weighted by molar-refractivity contribution is 5.96. The molecule has 2 atom stereocenters. The highest BCUT2D eigenvalue weighted by atomic mass is 16.5. The average Bonchev–Trinajstić information content (AvgIpc) is 3.18. The Labute approximate surface area is 172 Å². The highest BCUT2D eigenvalue weighted by Gasteiger charge is 2.22. The molecule has 1 aromatic carbocycles. The Bertz CT molecular complexity index is 981. The van der Waals surface area contributed by atoms with Crippen molar-refractivity contribution in [1.29, 1.82) is 0 Å². The summed E-state index contributed by atoms with van der Waals surface area (Å²) < 4.78 is 5.47. The number of hydrogen-bond acceptors (Lipinski definition) is 5. The zero-order chi connectivity index (χ0) is 20.4. The van der Waals surface area contributed by atoms with Crippen LogP contribution in [0, 0.1) is 0 Å². The van der Waals surface area contributed by atoms with Crippen molar-refractivity contribution < 1.29 is 4.74 Å². The van der Waals surface area contributed by atoms with Crippen molar-refractivity contribution in [3.8, 4) is 5.75 Å². The monoisotopic (exact) mass is 393 g/mol. The van der Waals surface area contributed by atoms with Gasteiger partial charge in [-0.15, -0.1) is 0 Å². The highest BCUT2D eigenvalue weighted by Crippen LogP contribution is 2.33. The molecule has 6 heteroatoms. The number of aromatic amines is 1. The fourth-order valence-electron chi connectivity index (χ4n) is 4.16. The lowest BCUT2D eigenvalue weighted by Gasteiger charge is -2.30. The molecule has 2 aromatic heterocycles. The largest absolute Gasteiger partial charge is 0.495 e. The van der Waals surface area contributed by atoms with Crippen molar-refractivity contribution in [3.63, 3.8) is 0 Å². The molecule has 0 bridgehead atoms. The van der Waals surface area contributed by atoms with E-state index in [1.54, 1.807) is 7.11 Å². The van der Waals surface area contributed by atoms with Gasteiger partial charge in [-0.05, 0) is 49.1 Å². The van der Waals surface area contributed by atoms with Crippen LogP contribution in [0.1, 0.15) is 51.1 Å². The lowest BCUT2D eigenvalue weighted by Crippen LogP contribution is -2.42. The first-order valence-electron chi connectivity index (χ1n) is 10.5. The van der Waals surface area contributed by atoms with Crippen molar-refractivity contribution in [2.75, 3.05) is 17.7 Å². The van der Waals surface area contributed by atoms with Gasteiger partial charge in [0.15, 0.2) is 0 Å². The van der Waals surface area contributed by atoms with Gasteiger partial charge in [-0.3, -0.25) is 0 Å². The number of pyridine rings is 1. The number of ether oxygens (including phenoxy) is 1. The number of anilines is 3. The van der Waals surface area contributed by atoms with Gasteiger partial charge in [0.2, 0.25) is 0 Å². The van der Waals surface area contributed by atoms with Crippen molar-refractivity contribution >= 4 is 28.1 Å². The van der Waals surface area contributed by atoms with Crippen LogP contribution in [0.15, 0.2) is 36.5 Å². The van der Waals surface area contributed by atoms with Gasteiger partial charge in [-0.1, -0.05) is 26.7 Å². The maximum Gasteiger partial charge on any atom is 0.140 e. The molecule has 0 radical (unpaired) electrons. The number of nitrogens with zero attached hydrogens (tertiary/aromatic N) is 1. The standard InChI is InChI=1S/C23H31N5O/c1-14(2)23-21(29-3)8-9-22(28-23)27-20-13-15(12-19-16(20)10-11-25-19)26-18-7-5-4-6-17(18)24/h8-14,17-18,25-26H,4-7,24H2,1-3H3,(H,27,28)/t17-,18+/m0/s1. The Kier molecular flexibility index (Phi) is 5.62. The normalized spacial score (nSPS) is 19.5. The minimum atomic E-state index is 0.205. The molecule has 2 heterocycles. The van der Waals surface area contributed by atoms with E-state index in [1.165, 1.54) is 12.8 Å². The third-order valence-electron chi connectivity index (χ3n) is 5.76. The quantitative estimate of drug-likeness (QED) is 0.467. The van der Waals surface area contributed by atoms with Gasteiger partial charge in [0.05, 0.1) is 18.5 Å². The molecule has 3 aromatic rings. The molecule has 0 aliphatic heterocycles. The molecule has 1 aliphatic rings. The Morgan fingerprint density at radius 1 is 1.17 bits per heavy atom. The first kappa shape index (κ1) is 19.6. The van der Waals surface area contributed by atoms with Crippen LogP contribution in [0.25, 0.3) is 10.9 Å². The molecule has 29 heavy (non-hydrogen) atoms. The van der Waals surface area contributed by atoms with E-state index in [-0.39, 0.29) is 12.0 Å². The summed E-state index contributed by atoms with van der Waals surface area (Å²) in [6, 6.07) is 10.8. The molecule has 0 amide bonds. The van der Waals surface area contributed by atoms with Gasteiger partial charge in [0.25, 0.3) is 0 Å². The first-order valence-corrected chi connectivity index (χ1v) is 10.5. The summed E-state index contributed by atoms with van der Waals surface area (Å²) >= 11 is 0. The summed E-state index contributed by atoms with van der Waals surface area (Å²) in [6.45, 7) is 4.24. The molecular formula is C23H31N5O. The summed E-state index contributed by atoms with van der Waals surface area (Å²) in [5, 5.41) is 8.30. The van der Waals surface area contributed by atoms with Crippen LogP contribution < -0.4 is 21.1 Å². The van der Waals surface area contributed by atoms with Gasteiger partial charge in [0, 0.05) is 34.9 Å². The SMILES string of the molecule is COc1ccc(Nc2cc(N[C@@H]3CCCC[C@@H]3N)cc3[nH]ccc23)nc1C(C)C. The van der Waals surface area contributed by atoms with Crippen molar-refractivity contribution in [3.05, 3.63) is 42.2 Å². The lowest BCUT2D eigenvalue weighted by molar-refractivity contribution is 0.404. The zero-order valence-electron chi connectivity index (χ0n) is 17.5. The molecule has 1 saturated carbocycles. The van der Waals surface area contributed by atoms with Gasteiger partial charge < -0.3 is 26.1 Å². The van der Waals surface area contributed by atoms with Gasteiger partial charge >= 0.3 is 0 Å². The summed E-state index contributed by atoms with van der Waals surface area (Å²) in [4.78, 5) is 8.13. The Balaban J connectivity index is 1.65. The molecule has 0 spiro atoms. The van der Waals surface area contributed by atoms with E-state index in [1.807, 2.05) is 18.3 Å². The summed E-state index contributed by atoms with van der Waals surface area (Å²) in [5.74, 6) is 1.90. The predicted molar refractivity (Wildman–Crippen MR) is 120 cm³/mol. The van der Waals surface area contributed by atoms with Crippen LogP contribution in [0.3, 0.4) is 0 Å². The van der Waals surface area contributed by atoms with Gasteiger partial charge in [-0.2, -0.15) is 0 Å². The molecule has 1 aliphatic carbocycles. The molecule has 1 fully saturated rings. The zero-order valence-corrected chi connectivity index (χ0v) is 17.5. The molecule has 4 rings (SSSR count). The summed E-state index contributed by atoms with van der Waals surface area (Å²) in [6.07, 6.45) is 6.62. The molecular weight excluding hydrogens is 362 g/mol. The summed E-state index contributed by atoms with van der Waals surface area (Å²) in [7, 11) is 1.68. The van der Waals surface area contributed by atoms with Crippen molar-refractivity contribution in [2.24, 2.45) is 5.73 Å². The van der Waals surface area contributed by atoms with E-state index in [0.717, 1.165) is 52.4 Å². The second kappa shape index (κ2) is 8.33. The van der Waals surface area contributed by atoms with Crippen LogP contribution in [-0.4, -0.2) is 29.2 Å². The van der Waals surface area contributed by atoms with E-state index in [0.29, 0.717) is 6.04 Å². The average molecular weight is 394 g/mol. The minimum absolute atomic E-state index is 0.205. The number of aromatic nitrogens is 2. The number of nitrogens with one attached hydrogen (secondary N) is 3. The van der Waals surface area contributed by atoms with Crippen LogP contribution in [0.4, 0.5) is 17.2 Å². The van der Waals surface area contributed by atoms with E-state index in [9.17, 15) is 0 Å². The lowest BCUT2D eigenvalue weighted by atomic mass is 9.91. The fraction of sp³-hybridized carbons (Fsp3) is 0.435. The van der Waals surface area contributed by atoms with Crippen LogP contribution >= 0.6 is 0 Å². The van der Waals surface area contributed by atoms with Gasteiger partial charge in [-0.25, -0.2) is 4.98 Å². The third kappa shape index (κ3) is 4.17. The predicted octanol–water partition coefficient (Wildman–Crippen LogP) is 5.12.